The van der Waals surface area contributed by atoms with Crippen molar-refractivity contribution in [3.63, 3.8) is 0 Å². The number of nitrogens with one attached hydrogen (secondary N) is 1. The Morgan fingerprint density at radius 1 is 1.29 bits per heavy atom. The summed E-state index contributed by atoms with van der Waals surface area (Å²) in [5, 5.41) is 2.88. The van der Waals surface area contributed by atoms with Crippen LogP contribution in [0.2, 0.25) is 0 Å². The Morgan fingerprint density at radius 2 is 1.95 bits per heavy atom. The van der Waals surface area contributed by atoms with Crippen molar-refractivity contribution in [1.82, 2.24) is 5.32 Å². The lowest BCUT2D eigenvalue weighted by molar-refractivity contribution is -0.120. The molecule has 1 N–H and O–H groups in total. The Balaban J connectivity index is 2.40. The van der Waals surface area contributed by atoms with E-state index in [4.69, 9.17) is 0 Å². The number of carbonyl (C=O) groups excluding carboxylic acids is 2. The minimum Gasteiger partial charge on any atom is -0.465 e. The van der Waals surface area contributed by atoms with Crippen molar-refractivity contribution < 1.29 is 14.3 Å². The second-order valence-corrected chi connectivity index (χ2v) is 6.22. The lowest BCUT2D eigenvalue weighted by Crippen LogP contribution is -2.30. The fourth-order valence-corrected chi connectivity index (χ4v) is 2.73. The van der Waals surface area contributed by atoms with Crippen molar-refractivity contribution in [2.75, 3.05) is 12.9 Å². The summed E-state index contributed by atoms with van der Waals surface area (Å²) < 4.78 is 4.64. The summed E-state index contributed by atoms with van der Waals surface area (Å²) in [5.41, 5.74) is 1.47. The van der Waals surface area contributed by atoms with Crippen molar-refractivity contribution in [2.24, 2.45) is 0 Å². The van der Waals surface area contributed by atoms with Gasteiger partial charge in [-0.3, -0.25) is 4.79 Å². The smallest absolute Gasteiger partial charge is 0.337 e. The highest BCUT2D eigenvalue weighted by Gasteiger charge is 2.12. The Morgan fingerprint density at radius 3 is 2.52 bits per heavy atom. The monoisotopic (exact) mass is 309 g/mol. The molecular weight excluding hydrogens is 286 g/mol. The van der Waals surface area contributed by atoms with Crippen LogP contribution in [0.3, 0.4) is 0 Å². The average molecular weight is 309 g/mol. The van der Waals surface area contributed by atoms with Crippen LogP contribution in [0, 0.1) is 0 Å². The van der Waals surface area contributed by atoms with E-state index in [0.29, 0.717) is 12.1 Å². The van der Waals surface area contributed by atoms with E-state index in [9.17, 15) is 9.59 Å². The van der Waals surface area contributed by atoms with Gasteiger partial charge in [-0.15, -0.1) is 11.8 Å². The first-order valence-electron chi connectivity index (χ1n) is 7.15. The first kappa shape index (κ1) is 17.6. The van der Waals surface area contributed by atoms with E-state index in [1.807, 2.05) is 19.1 Å². The Hall–Kier alpha value is -1.49. The van der Waals surface area contributed by atoms with Gasteiger partial charge in [0.15, 0.2) is 0 Å². The molecular formula is C16H23NO3S. The molecule has 0 saturated carbocycles. The zero-order chi connectivity index (χ0) is 15.7. The number of rotatable bonds is 8. The van der Waals surface area contributed by atoms with E-state index in [0.717, 1.165) is 24.2 Å². The van der Waals surface area contributed by atoms with Gasteiger partial charge in [-0.25, -0.2) is 4.79 Å². The molecule has 4 nitrogen and oxygen atoms in total. The quantitative estimate of drug-likeness (QED) is 0.592. The number of esters is 1. The van der Waals surface area contributed by atoms with Crippen LogP contribution >= 0.6 is 11.8 Å². The van der Waals surface area contributed by atoms with Gasteiger partial charge in [0.05, 0.1) is 17.9 Å². The first-order chi connectivity index (χ1) is 10.1. The summed E-state index contributed by atoms with van der Waals surface area (Å²) in [5.74, 6) is 0.707. The molecule has 0 bridgehead atoms. The van der Waals surface area contributed by atoms with Crippen LogP contribution in [0.4, 0.5) is 0 Å². The number of ether oxygens (including phenoxy) is 1. The third kappa shape index (κ3) is 6.21. The molecule has 5 heteroatoms. The van der Waals surface area contributed by atoms with E-state index in [1.54, 1.807) is 23.9 Å². The van der Waals surface area contributed by atoms with Gasteiger partial charge in [0, 0.05) is 6.54 Å². The molecule has 0 saturated heterocycles. The predicted molar refractivity (Wildman–Crippen MR) is 86.5 cm³/mol. The molecule has 0 aromatic heterocycles. The summed E-state index contributed by atoms with van der Waals surface area (Å²) in [6, 6.07) is 7.04. The van der Waals surface area contributed by atoms with E-state index >= 15 is 0 Å². The third-order valence-electron chi connectivity index (χ3n) is 3.08. The lowest BCUT2D eigenvalue weighted by atomic mass is 10.1. The maximum Gasteiger partial charge on any atom is 0.337 e. The van der Waals surface area contributed by atoms with E-state index in [-0.39, 0.29) is 17.1 Å². The number of amides is 1. The van der Waals surface area contributed by atoms with Gasteiger partial charge < -0.3 is 10.1 Å². The van der Waals surface area contributed by atoms with Crippen molar-refractivity contribution in [1.29, 1.82) is 0 Å². The molecule has 1 aromatic carbocycles. The third-order valence-corrected chi connectivity index (χ3v) is 4.32. The SMILES string of the molecule is CCCCSC(C)C(=O)NCc1ccc(C(=O)OC)cc1. The van der Waals surface area contributed by atoms with Crippen molar-refractivity contribution >= 4 is 23.6 Å². The van der Waals surface area contributed by atoms with Crippen molar-refractivity contribution in [3.8, 4) is 0 Å². The number of carbonyl (C=O) groups is 2. The number of hydrogen-bond donors (Lipinski definition) is 1. The minimum absolute atomic E-state index is 0.0362. The van der Waals surface area contributed by atoms with Gasteiger partial charge in [0.2, 0.25) is 5.91 Å². The van der Waals surface area contributed by atoms with Crippen LogP contribution < -0.4 is 5.32 Å². The standard InChI is InChI=1S/C16H23NO3S/c1-4-5-10-21-12(2)15(18)17-11-13-6-8-14(9-7-13)16(19)20-3/h6-9,12H,4-5,10-11H2,1-3H3,(H,17,18). The van der Waals surface area contributed by atoms with Crippen LogP contribution in [0.15, 0.2) is 24.3 Å². The number of benzene rings is 1. The number of hydrogen-bond acceptors (Lipinski definition) is 4. The van der Waals surface area contributed by atoms with Gasteiger partial charge in [0.1, 0.15) is 0 Å². The topological polar surface area (TPSA) is 55.4 Å². The van der Waals surface area contributed by atoms with Gasteiger partial charge in [-0.2, -0.15) is 0 Å². The molecule has 1 atom stereocenters. The molecule has 0 aliphatic carbocycles. The van der Waals surface area contributed by atoms with Crippen molar-refractivity contribution in [2.45, 2.75) is 38.5 Å². The highest BCUT2D eigenvalue weighted by Crippen LogP contribution is 2.13. The predicted octanol–water partition coefficient (Wildman–Crippen LogP) is 3.01. The van der Waals surface area contributed by atoms with E-state index in [2.05, 4.69) is 17.0 Å². The summed E-state index contributed by atoms with van der Waals surface area (Å²) in [7, 11) is 1.36. The van der Waals surface area contributed by atoms with Crippen molar-refractivity contribution in [3.05, 3.63) is 35.4 Å². The number of unbranched alkanes of at least 4 members (excludes halogenated alkanes) is 1. The molecule has 0 heterocycles. The molecule has 0 aliphatic heterocycles. The molecule has 0 radical (unpaired) electrons. The van der Waals surface area contributed by atoms with Gasteiger partial charge in [0.25, 0.3) is 0 Å². The van der Waals surface area contributed by atoms with E-state index < -0.39 is 0 Å². The summed E-state index contributed by atoms with van der Waals surface area (Å²) in [4.78, 5) is 23.2. The minimum atomic E-state index is -0.355. The highest BCUT2D eigenvalue weighted by atomic mass is 32.2. The molecule has 116 valence electrons. The normalized spacial score (nSPS) is 11.8. The number of thioether (sulfide) groups is 1. The lowest BCUT2D eigenvalue weighted by Gasteiger charge is -2.12. The average Bonchev–Trinajstić information content (AvgIpc) is 2.52. The molecule has 1 aromatic rings. The molecule has 0 fully saturated rings. The Labute approximate surface area is 130 Å². The fourth-order valence-electron chi connectivity index (χ4n) is 1.69. The molecule has 1 amide bonds. The Kier molecular flexibility index (Phi) is 7.90. The molecule has 21 heavy (non-hydrogen) atoms. The second kappa shape index (κ2) is 9.45. The number of methoxy groups -OCH3 is 1. The second-order valence-electron chi connectivity index (χ2n) is 4.77. The van der Waals surface area contributed by atoms with Crippen LogP contribution in [0.25, 0.3) is 0 Å². The van der Waals surface area contributed by atoms with E-state index in [1.165, 1.54) is 7.11 Å². The summed E-state index contributed by atoms with van der Waals surface area (Å²) >= 11 is 1.68. The molecule has 0 spiro atoms. The summed E-state index contributed by atoms with van der Waals surface area (Å²) in [6.07, 6.45) is 2.28. The fraction of sp³-hybridized carbons (Fsp3) is 0.500. The maximum absolute atomic E-state index is 11.9. The van der Waals surface area contributed by atoms with Gasteiger partial charge in [-0.1, -0.05) is 25.5 Å². The highest BCUT2D eigenvalue weighted by molar-refractivity contribution is 8.00. The maximum atomic E-state index is 11.9. The van der Waals surface area contributed by atoms with Crippen LogP contribution in [-0.4, -0.2) is 30.0 Å². The molecule has 1 unspecified atom stereocenters. The molecule has 0 aliphatic rings. The Bertz CT molecular complexity index is 459. The largest absolute Gasteiger partial charge is 0.465 e. The van der Waals surface area contributed by atoms with Crippen LogP contribution in [0.5, 0.6) is 0 Å². The van der Waals surface area contributed by atoms with Crippen LogP contribution in [-0.2, 0) is 16.1 Å². The van der Waals surface area contributed by atoms with Gasteiger partial charge >= 0.3 is 5.97 Å². The summed E-state index contributed by atoms with van der Waals surface area (Å²) in [6.45, 7) is 4.54. The first-order valence-corrected chi connectivity index (χ1v) is 8.20. The van der Waals surface area contributed by atoms with Gasteiger partial charge in [-0.05, 0) is 36.8 Å². The zero-order valence-corrected chi connectivity index (χ0v) is 13.7. The zero-order valence-electron chi connectivity index (χ0n) is 12.8. The van der Waals surface area contributed by atoms with Crippen LogP contribution in [0.1, 0.15) is 42.6 Å². The molecule has 1 rings (SSSR count).